The predicted molar refractivity (Wildman–Crippen MR) is 70.4 cm³/mol. The molecule has 8 nitrogen and oxygen atoms in total. The standard InChI is InChI=1S/C11H18N4O4/c1-11(18)5-14(6-11)7-8(12)15(3-4-19-2)10(17)13-9(7)16/h18H,3-6,12H2,1-2H3,(H,13,16,17). The van der Waals surface area contributed by atoms with Gasteiger partial charge in [0.15, 0.2) is 0 Å². The van der Waals surface area contributed by atoms with Crippen LogP contribution in [-0.4, -0.2) is 47.1 Å². The Morgan fingerprint density at radius 1 is 1.47 bits per heavy atom. The first-order chi connectivity index (χ1) is 8.85. The molecule has 2 rings (SSSR count). The Bertz CT molecular complexity index is 581. The molecule has 1 aromatic rings. The summed E-state index contributed by atoms with van der Waals surface area (Å²) < 4.78 is 6.16. The highest BCUT2D eigenvalue weighted by Gasteiger charge is 2.39. The van der Waals surface area contributed by atoms with Crippen LogP contribution in [0.2, 0.25) is 0 Å². The van der Waals surface area contributed by atoms with Gasteiger partial charge in [0.1, 0.15) is 11.5 Å². The molecule has 19 heavy (non-hydrogen) atoms. The number of aromatic amines is 1. The van der Waals surface area contributed by atoms with Crippen LogP contribution in [-0.2, 0) is 11.3 Å². The van der Waals surface area contributed by atoms with E-state index < -0.39 is 16.9 Å². The van der Waals surface area contributed by atoms with Gasteiger partial charge in [-0.15, -0.1) is 0 Å². The third-order valence-corrected chi connectivity index (χ3v) is 3.11. The Morgan fingerprint density at radius 2 is 2.11 bits per heavy atom. The van der Waals surface area contributed by atoms with Gasteiger partial charge in [-0.05, 0) is 6.92 Å². The van der Waals surface area contributed by atoms with Crippen LogP contribution in [0.4, 0.5) is 11.5 Å². The smallest absolute Gasteiger partial charge is 0.330 e. The molecule has 0 aromatic carbocycles. The molecule has 4 N–H and O–H groups in total. The summed E-state index contributed by atoms with van der Waals surface area (Å²) in [7, 11) is 1.51. The topological polar surface area (TPSA) is 114 Å². The van der Waals surface area contributed by atoms with Crippen LogP contribution in [0.1, 0.15) is 6.92 Å². The first kappa shape index (κ1) is 13.6. The molecule has 1 fully saturated rings. The lowest BCUT2D eigenvalue weighted by molar-refractivity contribution is 0.0309. The van der Waals surface area contributed by atoms with Crippen LogP contribution in [0.15, 0.2) is 9.59 Å². The summed E-state index contributed by atoms with van der Waals surface area (Å²) in [5.74, 6) is 0.0984. The van der Waals surface area contributed by atoms with Crippen molar-refractivity contribution in [3.63, 3.8) is 0 Å². The van der Waals surface area contributed by atoms with Crippen LogP contribution in [0.25, 0.3) is 0 Å². The van der Waals surface area contributed by atoms with Crippen molar-refractivity contribution in [3.05, 3.63) is 20.8 Å². The first-order valence-corrected chi connectivity index (χ1v) is 5.94. The Morgan fingerprint density at radius 3 is 2.63 bits per heavy atom. The highest BCUT2D eigenvalue weighted by atomic mass is 16.5. The minimum atomic E-state index is -0.827. The lowest BCUT2D eigenvalue weighted by Crippen LogP contribution is -2.61. The van der Waals surface area contributed by atoms with Crippen molar-refractivity contribution < 1.29 is 9.84 Å². The number of aliphatic hydroxyl groups is 1. The number of aromatic nitrogens is 2. The second kappa shape index (κ2) is 4.71. The lowest BCUT2D eigenvalue weighted by Gasteiger charge is -2.45. The summed E-state index contributed by atoms with van der Waals surface area (Å²) in [6, 6.07) is 0. The zero-order valence-electron chi connectivity index (χ0n) is 11.0. The molecule has 0 saturated carbocycles. The second-order valence-electron chi connectivity index (χ2n) is 4.99. The molecule has 0 unspecified atom stereocenters. The minimum absolute atomic E-state index is 0.0984. The number of methoxy groups -OCH3 is 1. The highest BCUT2D eigenvalue weighted by molar-refractivity contribution is 5.64. The zero-order chi connectivity index (χ0) is 14.2. The molecule has 0 atom stereocenters. The van der Waals surface area contributed by atoms with Crippen LogP contribution in [0.3, 0.4) is 0 Å². The number of nitrogen functional groups attached to an aromatic ring is 1. The average Bonchev–Trinajstić information content (AvgIpc) is 2.25. The van der Waals surface area contributed by atoms with Crippen LogP contribution < -0.4 is 21.9 Å². The van der Waals surface area contributed by atoms with E-state index in [4.69, 9.17) is 10.5 Å². The molecule has 106 valence electrons. The third kappa shape index (κ3) is 2.49. The molecule has 0 spiro atoms. The van der Waals surface area contributed by atoms with E-state index in [1.54, 1.807) is 11.8 Å². The van der Waals surface area contributed by atoms with Gasteiger partial charge in [0.25, 0.3) is 5.56 Å². The van der Waals surface area contributed by atoms with E-state index in [0.717, 1.165) is 0 Å². The van der Waals surface area contributed by atoms with E-state index in [9.17, 15) is 14.7 Å². The Hall–Kier alpha value is -1.80. The maximum absolute atomic E-state index is 11.8. The largest absolute Gasteiger partial charge is 0.386 e. The monoisotopic (exact) mass is 270 g/mol. The summed E-state index contributed by atoms with van der Waals surface area (Å²) in [5, 5.41) is 9.71. The zero-order valence-corrected chi connectivity index (χ0v) is 11.0. The normalized spacial score (nSPS) is 17.3. The molecule has 0 amide bonds. The number of H-pyrrole nitrogens is 1. The number of hydrogen-bond acceptors (Lipinski definition) is 6. The van der Waals surface area contributed by atoms with Crippen molar-refractivity contribution in [2.24, 2.45) is 0 Å². The van der Waals surface area contributed by atoms with E-state index in [0.29, 0.717) is 19.7 Å². The summed E-state index contributed by atoms with van der Waals surface area (Å²) in [6.45, 7) is 2.86. The van der Waals surface area contributed by atoms with Crippen LogP contribution >= 0.6 is 0 Å². The van der Waals surface area contributed by atoms with E-state index >= 15 is 0 Å². The fourth-order valence-electron chi connectivity index (χ4n) is 2.22. The van der Waals surface area contributed by atoms with Gasteiger partial charge in [0.2, 0.25) is 0 Å². The maximum atomic E-state index is 11.8. The fraction of sp³-hybridized carbons (Fsp3) is 0.636. The Kier molecular flexibility index (Phi) is 3.38. The van der Waals surface area contributed by atoms with Gasteiger partial charge in [-0.3, -0.25) is 14.3 Å². The van der Waals surface area contributed by atoms with Gasteiger partial charge in [0, 0.05) is 20.2 Å². The summed E-state index contributed by atoms with van der Waals surface area (Å²) in [5.41, 5.74) is 4.19. The maximum Gasteiger partial charge on any atom is 0.330 e. The molecular formula is C11H18N4O4. The Labute approximate surface area is 109 Å². The number of nitrogens with zero attached hydrogens (tertiary/aromatic N) is 2. The van der Waals surface area contributed by atoms with Crippen molar-refractivity contribution in [2.75, 3.05) is 37.4 Å². The van der Waals surface area contributed by atoms with Crippen molar-refractivity contribution in [2.45, 2.75) is 19.1 Å². The fourth-order valence-corrected chi connectivity index (χ4v) is 2.22. The molecule has 1 aliphatic heterocycles. The van der Waals surface area contributed by atoms with E-state index in [1.165, 1.54) is 11.7 Å². The minimum Gasteiger partial charge on any atom is -0.386 e. The van der Waals surface area contributed by atoms with Gasteiger partial charge in [-0.1, -0.05) is 0 Å². The van der Waals surface area contributed by atoms with Crippen molar-refractivity contribution >= 4 is 11.5 Å². The highest BCUT2D eigenvalue weighted by Crippen LogP contribution is 2.27. The number of nitrogens with one attached hydrogen (secondary N) is 1. The lowest BCUT2D eigenvalue weighted by atomic mass is 9.96. The molecule has 1 saturated heterocycles. The number of anilines is 2. The summed E-state index contributed by atoms with van der Waals surface area (Å²) in [6.07, 6.45) is 0. The molecule has 2 heterocycles. The first-order valence-electron chi connectivity index (χ1n) is 5.94. The molecule has 0 bridgehead atoms. The SMILES string of the molecule is COCCn1c(N)c(N2CC(C)(O)C2)c(=O)[nH]c1=O. The summed E-state index contributed by atoms with van der Waals surface area (Å²) in [4.78, 5) is 27.4. The van der Waals surface area contributed by atoms with Crippen molar-refractivity contribution in [1.82, 2.24) is 9.55 Å². The van der Waals surface area contributed by atoms with E-state index in [-0.39, 0.29) is 18.1 Å². The van der Waals surface area contributed by atoms with Crippen molar-refractivity contribution in [3.8, 4) is 0 Å². The molecule has 1 aromatic heterocycles. The number of ether oxygens (including phenoxy) is 1. The molecular weight excluding hydrogens is 252 g/mol. The van der Waals surface area contributed by atoms with E-state index in [2.05, 4.69) is 4.98 Å². The van der Waals surface area contributed by atoms with Crippen molar-refractivity contribution in [1.29, 1.82) is 0 Å². The number of nitrogens with two attached hydrogens (primary N) is 1. The van der Waals surface area contributed by atoms with Gasteiger partial charge in [0.05, 0.1) is 18.8 Å². The number of hydrogen-bond donors (Lipinski definition) is 3. The number of rotatable bonds is 4. The van der Waals surface area contributed by atoms with Gasteiger partial charge >= 0.3 is 5.69 Å². The van der Waals surface area contributed by atoms with Gasteiger partial charge < -0.3 is 20.5 Å². The predicted octanol–water partition coefficient (Wildman–Crippen LogP) is -1.66. The molecule has 0 aliphatic carbocycles. The average molecular weight is 270 g/mol. The van der Waals surface area contributed by atoms with Gasteiger partial charge in [-0.25, -0.2) is 4.79 Å². The molecule has 1 aliphatic rings. The van der Waals surface area contributed by atoms with E-state index in [1.807, 2.05) is 0 Å². The molecule has 0 radical (unpaired) electrons. The third-order valence-electron chi connectivity index (χ3n) is 3.11. The summed E-state index contributed by atoms with van der Waals surface area (Å²) >= 11 is 0. The van der Waals surface area contributed by atoms with Crippen LogP contribution in [0, 0.1) is 0 Å². The number of β-amino-alcohol motifs (C(OH)–C–C–N with tert-alkyl or cyclic N) is 1. The Balaban J connectivity index is 2.39. The quantitative estimate of drug-likeness (QED) is 0.603. The van der Waals surface area contributed by atoms with Crippen LogP contribution in [0.5, 0.6) is 0 Å². The molecule has 8 heteroatoms. The second-order valence-corrected chi connectivity index (χ2v) is 4.99. The van der Waals surface area contributed by atoms with Gasteiger partial charge in [-0.2, -0.15) is 0 Å².